The molecule has 0 aliphatic rings. The molecule has 0 bridgehead atoms. The monoisotopic (exact) mass is 337 g/mol. The summed E-state index contributed by atoms with van der Waals surface area (Å²) in [6, 6.07) is 4.76. The average Bonchev–Trinajstić information content (AvgIpc) is 2.31. The van der Waals surface area contributed by atoms with E-state index in [2.05, 4.69) is 26.0 Å². The van der Waals surface area contributed by atoms with Crippen LogP contribution in [0.25, 0.3) is 0 Å². The van der Waals surface area contributed by atoms with E-state index in [4.69, 9.17) is 5.11 Å². The zero-order valence-electron chi connectivity index (χ0n) is 10.0. The smallest absolute Gasteiger partial charge is 0.387 e. The summed E-state index contributed by atoms with van der Waals surface area (Å²) in [5.74, 6) is -0.741. The van der Waals surface area contributed by atoms with Gasteiger partial charge < -0.3 is 15.2 Å². The predicted molar refractivity (Wildman–Crippen MR) is 69.4 cm³/mol. The molecule has 7 heteroatoms. The van der Waals surface area contributed by atoms with Gasteiger partial charge in [0, 0.05) is 23.0 Å². The minimum Gasteiger partial charge on any atom is -0.481 e. The summed E-state index contributed by atoms with van der Waals surface area (Å²) in [4.78, 5) is 10.3. The Labute approximate surface area is 117 Å². The van der Waals surface area contributed by atoms with Crippen LogP contribution in [0.3, 0.4) is 0 Å². The van der Waals surface area contributed by atoms with Crippen LogP contribution in [0.5, 0.6) is 5.75 Å². The Bertz CT molecular complexity index is 429. The summed E-state index contributed by atoms with van der Waals surface area (Å²) in [5.41, 5.74) is 0.588. The van der Waals surface area contributed by atoms with Crippen molar-refractivity contribution in [3.05, 3.63) is 28.2 Å². The number of rotatable bonds is 8. The van der Waals surface area contributed by atoms with Crippen LogP contribution in [-0.2, 0) is 11.3 Å². The van der Waals surface area contributed by atoms with E-state index in [1.807, 2.05) is 0 Å². The molecule has 106 valence electrons. The van der Waals surface area contributed by atoms with Gasteiger partial charge in [-0.05, 0) is 31.2 Å². The Balaban J connectivity index is 2.51. The van der Waals surface area contributed by atoms with E-state index in [9.17, 15) is 13.6 Å². The summed E-state index contributed by atoms with van der Waals surface area (Å²) >= 11 is 3.26. The molecule has 0 saturated carbocycles. The van der Waals surface area contributed by atoms with Crippen LogP contribution >= 0.6 is 15.9 Å². The van der Waals surface area contributed by atoms with Gasteiger partial charge in [0.2, 0.25) is 0 Å². The molecule has 1 rings (SSSR count). The molecule has 0 aliphatic heterocycles. The van der Waals surface area contributed by atoms with Gasteiger partial charge in [0.1, 0.15) is 5.75 Å². The van der Waals surface area contributed by atoms with Crippen molar-refractivity contribution in [1.29, 1.82) is 0 Å². The molecule has 0 heterocycles. The Morgan fingerprint density at radius 1 is 1.47 bits per heavy atom. The molecule has 0 amide bonds. The van der Waals surface area contributed by atoms with Gasteiger partial charge in [0.15, 0.2) is 0 Å². The van der Waals surface area contributed by atoms with Gasteiger partial charge >= 0.3 is 12.6 Å². The van der Waals surface area contributed by atoms with E-state index in [0.717, 1.165) is 4.47 Å². The molecule has 0 aromatic heterocycles. The van der Waals surface area contributed by atoms with Crippen LogP contribution in [0.4, 0.5) is 8.78 Å². The summed E-state index contributed by atoms with van der Waals surface area (Å²) in [6.07, 6.45) is 0.556. The maximum absolute atomic E-state index is 12.2. The van der Waals surface area contributed by atoms with Gasteiger partial charge in [-0.3, -0.25) is 4.79 Å². The first-order valence-electron chi connectivity index (χ1n) is 5.65. The second kappa shape index (κ2) is 8.06. The van der Waals surface area contributed by atoms with Crippen LogP contribution < -0.4 is 10.1 Å². The van der Waals surface area contributed by atoms with Crippen molar-refractivity contribution in [1.82, 2.24) is 5.32 Å². The van der Waals surface area contributed by atoms with Crippen molar-refractivity contribution >= 4 is 21.9 Å². The third-order valence-electron chi connectivity index (χ3n) is 2.30. The fourth-order valence-electron chi connectivity index (χ4n) is 1.48. The molecule has 0 radical (unpaired) electrons. The molecule has 0 unspecified atom stereocenters. The van der Waals surface area contributed by atoms with Crippen molar-refractivity contribution in [2.45, 2.75) is 26.0 Å². The van der Waals surface area contributed by atoms with Gasteiger partial charge in [-0.1, -0.05) is 15.9 Å². The average molecular weight is 338 g/mol. The SMILES string of the molecule is O=C(O)CCCNCc1cc(Br)ccc1OC(F)F. The van der Waals surface area contributed by atoms with Crippen molar-refractivity contribution in [3.8, 4) is 5.75 Å². The largest absolute Gasteiger partial charge is 0.481 e. The number of carboxylic acid groups (broad SMARTS) is 1. The molecule has 0 spiro atoms. The number of carboxylic acids is 1. The van der Waals surface area contributed by atoms with Gasteiger partial charge in [-0.15, -0.1) is 0 Å². The van der Waals surface area contributed by atoms with E-state index in [0.29, 0.717) is 25.1 Å². The van der Waals surface area contributed by atoms with Crippen molar-refractivity contribution in [2.24, 2.45) is 0 Å². The highest BCUT2D eigenvalue weighted by Crippen LogP contribution is 2.24. The van der Waals surface area contributed by atoms with E-state index < -0.39 is 12.6 Å². The zero-order chi connectivity index (χ0) is 14.3. The Morgan fingerprint density at radius 2 is 2.21 bits per heavy atom. The highest BCUT2D eigenvalue weighted by atomic mass is 79.9. The number of halogens is 3. The van der Waals surface area contributed by atoms with E-state index in [1.54, 1.807) is 12.1 Å². The second-order valence-electron chi connectivity index (χ2n) is 3.80. The summed E-state index contributed by atoms with van der Waals surface area (Å²) < 4.78 is 29.6. The third-order valence-corrected chi connectivity index (χ3v) is 2.79. The van der Waals surface area contributed by atoms with Crippen LogP contribution in [0, 0.1) is 0 Å². The summed E-state index contributed by atoms with van der Waals surface area (Å²) in [6.45, 7) is -2.04. The zero-order valence-corrected chi connectivity index (χ0v) is 11.6. The van der Waals surface area contributed by atoms with Crippen LogP contribution in [0.2, 0.25) is 0 Å². The standard InChI is InChI=1S/C12H14BrF2NO3/c13-9-3-4-10(19-12(14)15)8(6-9)7-16-5-1-2-11(17)18/h3-4,6,12,16H,1-2,5,7H2,(H,17,18). The molecular weight excluding hydrogens is 324 g/mol. The Kier molecular flexibility index (Phi) is 6.72. The van der Waals surface area contributed by atoms with Gasteiger partial charge in [0.05, 0.1) is 0 Å². The van der Waals surface area contributed by atoms with Gasteiger partial charge in [-0.25, -0.2) is 0 Å². The van der Waals surface area contributed by atoms with Crippen LogP contribution in [-0.4, -0.2) is 24.2 Å². The molecule has 0 atom stereocenters. The number of alkyl halides is 2. The Morgan fingerprint density at radius 3 is 2.84 bits per heavy atom. The van der Waals surface area contributed by atoms with Crippen LogP contribution in [0.15, 0.2) is 22.7 Å². The molecule has 0 fully saturated rings. The summed E-state index contributed by atoms with van der Waals surface area (Å²) in [7, 11) is 0. The fraction of sp³-hybridized carbons (Fsp3) is 0.417. The van der Waals surface area contributed by atoms with Crippen molar-refractivity contribution < 1.29 is 23.4 Å². The van der Waals surface area contributed by atoms with Gasteiger partial charge in [-0.2, -0.15) is 8.78 Å². The lowest BCUT2D eigenvalue weighted by Crippen LogP contribution is -2.17. The molecule has 19 heavy (non-hydrogen) atoms. The minimum absolute atomic E-state index is 0.0753. The predicted octanol–water partition coefficient (Wildman–Crippen LogP) is 3.00. The molecule has 4 nitrogen and oxygen atoms in total. The quantitative estimate of drug-likeness (QED) is 0.716. The van der Waals surface area contributed by atoms with Gasteiger partial charge in [0.25, 0.3) is 0 Å². The third kappa shape index (κ3) is 6.49. The number of nitrogens with one attached hydrogen (secondary N) is 1. The molecule has 0 aliphatic carbocycles. The first-order valence-corrected chi connectivity index (χ1v) is 6.44. The number of hydrogen-bond donors (Lipinski definition) is 2. The molecular formula is C12H14BrF2NO3. The lowest BCUT2D eigenvalue weighted by Gasteiger charge is -2.11. The molecule has 0 saturated heterocycles. The summed E-state index contributed by atoms with van der Waals surface area (Å²) in [5, 5.41) is 11.5. The van der Waals surface area contributed by atoms with Crippen molar-refractivity contribution in [3.63, 3.8) is 0 Å². The Hall–Kier alpha value is -1.21. The topological polar surface area (TPSA) is 58.6 Å². The fourth-order valence-corrected chi connectivity index (χ4v) is 1.89. The highest BCUT2D eigenvalue weighted by Gasteiger charge is 2.09. The van der Waals surface area contributed by atoms with E-state index in [1.165, 1.54) is 6.07 Å². The maximum Gasteiger partial charge on any atom is 0.387 e. The normalized spacial score (nSPS) is 10.7. The lowest BCUT2D eigenvalue weighted by molar-refractivity contribution is -0.137. The number of hydrogen-bond acceptors (Lipinski definition) is 3. The molecule has 1 aromatic carbocycles. The van der Waals surface area contributed by atoms with Crippen LogP contribution in [0.1, 0.15) is 18.4 Å². The van der Waals surface area contributed by atoms with E-state index in [-0.39, 0.29) is 12.2 Å². The molecule has 2 N–H and O–H groups in total. The van der Waals surface area contributed by atoms with E-state index >= 15 is 0 Å². The maximum atomic E-state index is 12.2. The number of benzene rings is 1. The first-order chi connectivity index (χ1) is 8.99. The molecule has 1 aromatic rings. The number of carbonyl (C=O) groups is 1. The lowest BCUT2D eigenvalue weighted by atomic mass is 10.2. The first kappa shape index (κ1) is 15.8. The second-order valence-corrected chi connectivity index (χ2v) is 4.72. The number of ether oxygens (including phenoxy) is 1. The minimum atomic E-state index is -2.87. The van der Waals surface area contributed by atoms with Crippen molar-refractivity contribution in [2.75, 3.05) is 6.54 Å². The number of aliphatic carboxylic acids is 1. The highest BCUT2D eigenvalue weighted by molar-refractivity contribution is 9.10.